The molecule has 1 saturated heterocycles. The van der Waals surface area contributed by atoms with Crippen molar-refractivity contribution < 1.29 is 14.1 Å². The Hall–Kier alpha value is -1.89. The van der Waals surface area contributed by atoms with E-state index in [1.54, 1.807) is 0 Å². The highest BCUT2D eigenvalue weighted by Crippen LogP contribution is 2.36. The lowest BCUT2D eigenvalue weighted by molar-refractivity contribution is -0.384. The van der Waals surface area contributed by atoms with Crippen molar-refractivity contribution >= 4 is 11.4 Å². The molecule has 0 aliphatic carbocycles. The van der Waals surface area contributed by atoms with E-state index in [0.717, 1.165) is 12.5 Å². The molecule has 2 N–H and O–H groups in total. The van der Waals surface area contributed by atoms with Crippen molar-refractivity contribution in [2.75, 3.05) is 25.1 Å². The van der Waals surface area contributed by atoms with Gasteiger partial charge in [0, 0.05) is 25.2 Å². The summed E-state index contributed by atoms with van der Waals surface area (Å²) < 4.78 is 18.5. The summed E-state index contributed by atoms with van der Waals surface area (Å²) >= 11 is 0. The first-order valence-electron chi connectivity index (χ1n) is 6.46. The van der Waals surface area contributed by atoms with Gasteiger partial charge in [0.25, 0.3) is 5.69 Å². The van der Waals surface area contributed by atoms with Crippen LogP contribution in [-0.2, 0) is 0 Å². The lowest BCUT2D eigenvalue weighted by atomic mass is 9.94. The lowest BCUT2D eigenvalue weighted by Crippen LogP contribution is -2.47. The average molecular weight is 283 g/mol. The van der Waals surface area contributed by atoms with Crippen LogP contribution in [0.4, 0.5) is 15.8 Å². The minimum Gasteiger partial charge on any atom is -0.494 e. The molecule has 1 fully saturated rings. The molecule has 20 heavy (non-hydrogen) atoms. The van der Waals surface area contributed by atoms with Crippen LogP contribution in [0.15, 0.2) is 12.1 Å². The van der Waals surface area contributed by atoms with Crippen molar-refractivity contribution in [1.29, 1.82) is 0 Å². The van der Waals surface area contributed by atoms with Crippen LogP contribution in [0.5, 0.6) is 5.75 Å². The normalized spacial score (nSPS) is 22.7. The van der Waals surface area contributed by atoms with Crippen molar-refractivity contribution in [2.45, 2.75) is 19.4 Å². The molecule has 1 aromatic carbocycles. The van der Waals surface area contributed by atoms with Crippen LogP contribution in [0.2, 0.25) is 0 Å². The fraction of sp³-hybridized carbons (Fsp3) is 0.538. The van der Waals surface area contributed by atoms with Gasteiger partial charge < -0.3 is 15.4 Å². The number of nitrogens with zero attached hydrogens (tertiary/aromatic N) is 2. The van der Waals surface area contributed by atoms with Crippen LogP contribution in [0, 0.1) is 21.8 Å². The highest BCUT2D eigenvalue weighted by molar-refractivity contribution is 5.66. The third-order valence-electron chi connectivity index (χ3n) is 3.80. The summed E-state index contributed by atoms with van der Waals surface area (Å²) in [7, 11) is 1.33. The maximum atomic E-state index is 13.6. The number of benzene rings is 1. The molecular weight excluding hydrogens is 265 g/mol. The van der Waals surface area contributed by atoms with E-state index in [1.807, 2.05) is 4.90 Å². The van der Waals surface area contributed by atoms with Gasteiger partial charge in [-0.1, -0.05) is 6.92 Å². The molecule has 0 aromatic heterocycles. The SMILES string of the molecule is COc1cc(N2CCC(C)C(N)C2)c([N+](=O)[O-])cc1F. The zero-order valence-electron chi connectivity index (χ0n) is 11.5. The number of rotatable bonds is 3. The largest absolute Gasteiger partial charge is 0.494 e. The Labute approximate surface area is 116 Å². The van der Waals surface area contributed by atoms with Gasteiger partial charge in [0.2, 0.25) is 0 Å². The number of hydrogen-bond acceptors (Lipinski definition) is 5. The van der Waals surface area contributed by atoms with E-state index in [9.17, 15) is 14.5 Å². The van der Waals surface area contributed by atoms with Crippen molar-refractivity contribution in [3.05, 3.63) is 28.1 Å². The highest BCUT2D eigenvalue weighted by Gasteiger charge is 2.29. The molecule has 1 heterocycles. The van der Waals surface area contributed by atoms with Crippen LogP contribution < -0.4 is 15.4 Å². The minimum atomic E-state index is -0.738. The maximum absolute atomic E-state index is 13.6. The Bertz CT molecular complexity index is 524. The van der Waals surface area contributed by atoms with Crippen molar-refractivity contribution in [3.63, 3.8) is 0 Å². The summed E-state index contributed by atoms with van der Waals surface area (Å²) in [5, 5.41) is 11.1. The van der Waals surface area contributed by atoms with E-state index in [4.69, 9.17) is 10.5 Å². The minimum absolute atomic E-state index is 0.00204. The van der Waals surface area contributed by atoms with Crippen LogP contribution in [0.1, 0.15) is 13.3 Å². The van der Waals surface area contributed by atoms with E-state index < -0.39 is 10.7 Å². The van der Waals surface area contributed by atoms with Crippen molar-refractivity contribution in [1.82, 2.24) is 0 Å². The first kappa shape index (κ1) is 14.5. The van der Waals surface area contributed by atoms with Gasteiger partial charge in [0.15, 0.2) is 11.6 Å². The number of nitrogens with two attached hydrogens (primary N) is 1. The number of methoxy groups -OCH3 is 1. The van der Waals surface area contributed by atoms with Gasteiger partial charge in [-0.15, -0.1) is 0 Å². The van der Waals surface area contributed by atoms with Crippen molar-refractivity contribution in [3.8, 4) is 5.75 Å². The van der Waals surface area contributed by atoms with Gasteiger partial charge in [-0.05, 0) is 12.3 Å². The summed E-state index contributed by atoms with van der Waals surface area (Å²) in [5.41, 5.74) is 6.11. The van der Waals surface area contributed by atoms with E-state index in [2.05, 4.69) is 6.92 Å². The van der Waals surface area contributed by atoms with Gasteiger partial charge in [-0.25, -0.2) is 4.39 Å². The Morgan fingerprint density at radius 3 is 2.80 bits per heavy atom. The van der Waals surface area contributed by atoms with Crippen LogP contribution in [0.25, 0.3) is 0 Å². The molecule has 1 aliphatic heterocycles. The molecule has 0 saturated carbocycles. The quantitative estimate of drug-likeness (QED) is 0.677. The van der Waals surface area contributed by atoms with Gasteiger partial charge >= 0.3 is 0 Å². The summed E-state index contributed by atoms with van der Waals surface area (Å²) in [5.74, 6) is -0.372. The third-order valence-corrected chi connectivity index (χ3v) is 3.80. The summed E-state index contributed by atoms with van der Waals surface area (Å²) in [6, 6.07) is 2.22. The van der Waals surface area contributed by atoms with Gasteiger partial charge in [-0.2, -0.15) is 0 Å². The monoisotopic (exact) mass is 283 g/mol. The smallest absolute Gasteiger partial charge is 0.295 e. The molecule has 7 heteroatoms. The number of anilines is 1. The summed E-state index contributed by atoms with van der Waals surface area (Å²) in [6.07, 6.45) is 0.845. The molecule has 1 aromatic rings. The molecule has 110 valence electrons. The Kier molecular flexibility index (Phi) is 4.08. The van der Waals surface area contributed by atoms with Crippen LogP contribution in [0.3, 0.4) is 0 Å². The Morgan fingerprint density at radius 2 is 2.25 bits per heavy atom. The zero-order chi connectivity index (χ0) is 14.9. The molecule has 6 nitrogen and oxygen atoms in total. The van der Waals surface area contributed by atoms with E-state index in [0.29, 0.717) is 24.7 Å². The third kappa shape index (κ3) is 2.67. The highest BCUT2D eigenvalue weighted by atomic mass is 19.1. The van der Waals surface area contributed by atoms with E-state index in [-0.39, 0.29) is 17.5 Å². The van der Waals surface area contributed by atoms with Gasteiger partial charge in [0.05, 0.1) is 18.1 Å². The van der Waals surface area contributed by atoms with Crippen LogP contribution in [-0.4, -0.2) is 31.2 Å². The number of halogens is 1. The number of hydrogen-bond donors (Lipinski definition) is 1. The summed E-state index contributed by atoms with van der Waals surface area (Å²) in [6.45, 7) is 3.23. The second-order valence-electron chi connectivity index (χ2n) is 5.11. The van der Waals surface area contributed by atoms with Gasteiger partial charge in [0.1, 0.15) is 5.69 Å². The zero-order valence-corrected chi connectivity index (χ0v) is 11.5. The molecular formula is C13H18FN3O3. The summed E-state index contributed by atoms with van der Waals surface area (Å²) in [4.78, 5) is 12.3. The molecule has 0 bridgehead atoms. The Balaban J connectivity index is 2.41. The lowest BCUT2D eigenvalue weighted by Gasteiger charge is -2.36. The van der Waals surface area contributed by atoms with Crippen molar-refractivity contribution in [2.24, 2.45) is 11.7 Å². The molecule has 2 rings (SSSR count). The molecule has 0 spiro atoms. The topological polar surface area (TPSA) is 81.6 Å². The molecule has 0 radical (unpaired) electrons. The second-order valence-corrected chi connectivity index (χ2v) is 5.11. The molecule has 1 aliphatic rings. The fourth-order valence-corrected chi connectivity index (χ4v) is 2.41. The molecule has 0 amide bonds. The van der Waals surface area contributed by atoms with E-state index in [1.165, 1.54) is 13.2 Å². The number of nitro groups is 1. The first-order chi connectivity index (χ1) is 9.43. The second kappa shape index (κ2) is 5.62. The van der Waals surface area contributed by atoms with Gasteiger partial charge in [-0.3, -0.25) is 10.1 Å². The molecule has 2 atom stereocenters. The number of nitro benzene ring substituents is 1. The fourth-order valence-electron chi connectivity index (χ4n) is 2.41. The first-order valence-corrected chi connectivity index (χ1v) is 6.46. The number of ether oxygens (including phenoxy) is 1. The predicted octanol–water partition coefficient (Wildman–Crippen LogP) is 1.92. The van der Waals surface area contributed by atoms with Crippen LogP contribution >= 0.6 is 0 Å². The molecule has 2 unspecified atom stereocenters. The number of piperidine rings is 1. The standard InChI is InChI=1S/C13H18FN3O3/c1-8-3-4-16(7-10(8)15)11-6-13(20-2)9(14)5-12(11)17(18)19/h5-6,8,10H,3-4,7,15H2,1-2H3. The Morgan fingerprint density at radius 1 is 1.55 bits per heavy atom. The maximum Gasteiger partial charge on any atom is 0.295 e. The average Bonchev–Trinajstić information content (AvgIpc) is 2.41. The van der Waals surface area contributed by atoms with E-state index >= 15 is 0 Å². The predicted molar refractivity (Wildman–Crippen MR) is 73.6 cm³/mol.